The number of carbonyl (C=O) groups is 2. The molecular formula is C17H24N2O4. The van der Waals surface area contributed by atoms with Crippen molar-refractivity contribution in [3.05, 3.63) is 23.8 Å². The van der Waals surface area contributed by atoms with Crippen LogP contribution >= 0.6 is 0 Å². The van der Waals surface area contributed by atoms with E-state index in [-0.39, 0.29) is 37.0 Å². The van der Waals surface area contributed by atoms with Gasteiger partial charge in [-0.15, -0.1) is 0 Å². The monoisotopic (exact) mass is 320 g/mol. The van der Waals surface area contributed by atoms with Crippen molar-refractivity contribution in [3.63, 3.8) is 0 Å². The van der Waals surface area contributed by atoms with Crippen LogP contribution in [0.5, 0.6) is 5.75 Å². The Morgan fingerprint density at radius 3 is 2.91 bits per heavy atom. The van der Waals surface area contributed by atoms with Crippen LogP contribution in [0, 0.1) is 5.92 Å². The maximum absolute atomic E-state index is 11.9. The Bertz CT molecular complexity index is 574. The number of hydrogen-bond donors (Lipinski definition) is 3. The minimum absolute atomic E-state index is 0.00765. The summed E-state index contributed by atoms with van der Waals surface area (Å²) in [5.41, 5.74) is 1.81. The smallest absolute Gasteiger partial charge is 0.258 e. The second-order valence-corrected chi connectivity index (χ2v) is 5.90. The number of ether oxygens (including phenoxy) is 1. The lowest BCUT2D eigenvalue weighted by atomic mass is 10.00. The van der Waals surface area contributed by atoms with E-state index in [4.69, 9.17) is 4.74 Å². The molecule has 1 aromatic rings. The van der Waals surface area contributed by atoms with E-state index in [1.165, 1.54) is 0 Å². The average Bonchev–Trinajstić information content (AvgIpc) is 2.56. The Kier molecular flexibility index (Phi) is 5.98. The summed E-state index contributed by atoms with van der Waals surface area (Å²) in [4.78, 5) is 23.3. The van der Waals surface area contributed by atoms with Gasteiger partial charge in [0.1, 0.15) is 5.75 Å². The maximum Gasteiger partial charge on any atom is 0.258 e. The van der Waals surface area contributed by atoms with Crippen LogP contribution in [0.4, 0.5) is 5.69 Å². The molecule has 126 valence electrons. The van der Waals surface area contributed by atoms with E-state index in [1.807, 2.05) is 19.9 Å². The summed E-state index contributed by atoms with van der Waals surface area (Å²) in [6.45, 7) is 3.77. The molecule has 0 radical (unpaired) electrons. The Morgan fingerprint density at radius 2 is 2.22 bits per heavy atom. The van der Waals surface area contributed by atoms with Gasteiger partial charge in [-0.25, -0.2) is 0 Å². The van der Waals surface area contributed by atoms with Gasteiger partial charge in [-0.05, 0) is 24.0 Å². The quantitative estimate of drug-likeness (QED) is 0.710. The van der Waals surface area contributed by atoms with Crippen molar-refractivity contribution in [2.75, 3.05) is 18.5 Å². The molecule has 3 N–H and O–H groups in total. The molecule has 1 aliphatic rings. The fourth-order valence-electron chi connectivity index (χ4n) is 2.49. The summed E-state index contributed by atoms with van der Waals surface area (Å²) < 4.78 is 5.48. The van der Waals surface area contributed by atoms with Gasteiger partial charge >= 0.3 is 0 Å². The molecule has 0 aromatic heterocycles. The van der Waals surface area contributed by atoms with Crippen LogP contribution in [-0.2, 0) is 16.0 Å². The molecule has 6 nitrogen and oxygen atoms in total. The van der Waals surface area contributed by atoms with Crippen molar-refractivity contribution in [1.29, 1.82) is 0 Å². The molecule has 1 heterocycles. The summed E-state index contributed by atoms with van der Waals surface area (Å²) in [6, 6.07) is 5.16. The first kappa shape index (κ1) is 17.3. The lowest BCUT2D eigenvalue weighted by molar-refractivity contribution is -0.124. The first-order chi connectivity index (χ1) is 11.0. The summed E-state index contributed by atoms with van der Waals surface area (Å²) in [5, 5.41) is 14.9. The van der Waals surface area contributed by atoms with E-state index < -0.39 is 0 Å². The van der Waals surface area contributed by atoms with Gasteiger partial charge in [0.2, 0.25) is 5.91 Å². The number of hydrogen-bond acceptors (Lipinski definition) is 4. The zero-order chi connectivity index (χ0) is 16.8. The summed E-state index contributed by atoms with van der Waals surface area (Å²) >= 11 is 0. The highest BCUT2D eigenvalue weighted by Gasteiger charge is 2.18. The molecular weight excluding hydrogens is 296 g/mol. The standard InChI is InChI=1S/C17H24N2O4/c1-3-11(2)15(9-20)19-17(22)10-23-13-6-4-12-5-7-16(21)18-14(12)8-13/h4,6,8,11,15,20H,3,5,7,9-10H2,1-2H3,(H,18,21)(H,19,22)/t11-,15-/m0/s1. The topological polar surface area (TPSA) is 87.7 Å². The first-order valence-electron chi connectivity index (χ1n) is 7.99. The van der Waals surface area contributed by atoms with Crippen molar-refractivity contribution in [2.45, 2.75) is 39.2 Å². The van der Waals surface area contributed by atoms with Gasteiger partial charge in [0.05, 0.1) is 12.6 Å². The molecule has 2 atom stereocenters. The molecule has 2 rings (SSSR count). The highest BCUT2D eigenvalue weighted by molar-refractivity contribution is 5.94. The predicted octanol–water partition coefficient (Wildman–Crippen LogP) is 1.47. The van der Waals surface area contributed by atoms with E-state index in [1.54, 1.807) is 12.1 Å². The van der Waals surface area contributed by atoms with E-state index in [0.717, 1.165) is 24.1 Å². The van der Waals surface area contributed by atoms with E-state index >= 15 is 0 Å². The van der Waals surface area contributed by atoms with Crippen molar-refractivity contribution in [1.82, 2.24) is 5.32 Å². The molecule has 0 saturated carbocycles. The van der Waals surface area contributed by atoms with Crippen molar-refractivity contribution in [3.8, 4) is 5.75 Å². The van der Waals surface area contributed by atoms with Crippen LogP contribution in [0.1, 0.15) is 32.3 Å². The van der Waals surface area contributed by atoms with Gasteiger partial charge in [-0.2, -0.15) is 0 Å². The lowest BCUT2D eigenvalue weighted by Crippen LogP contribution is -2.43. The van der Waals surface area contributed by atoms with Crippen molar-refractivity contribution in [2.24, 2.45) is 5.92 Å². The van der Waals surface area contributed by atoms with Crippen LogP contribution in [0.3, 0.4) is 0 Å². The third-order valence-corrected chi connectivity index (χ3v) is 4.22. The lowest BCUT2D eigenvalue weighted by Gasteiger charge is -2.22. The molecule has 0 saturated heterocycles. The minimum atomic E-state index is -0.272. The van der Waals surface area contributed by atoms with Crippen LogP contribution in [-0.4, -0.2) is 36.2 Å². The van der Waals surface area contributed by atoms with E-state index in [9.17, 15) is 14.7 Å². The highest BCUT2D eigenvalue weighted by atomic mass is 16.5. The molecule has 6 heteroatoms. The van der Waals surface area contributed by atoms with Gasteiger partial charge in [0.25, 0.3) is 5.91 Å². The first-order valence-corrected chi connectivity index (χ1v) is 7.99. The Balaban J connectivity index is 1.89. The normalized spacial score (nSPS) is 16.0. The fraction of sp³-hybridized carbons (Fsp3) is 0.529. The zero-order valence-corrected chi connectivity index (χ0v) is 13.6. The van der Waals surface area contributed by atoms with Crippen molar-refractivity contribution < 1.29 is 19.4 Å². The Labute approximate surface area is 136 Å². The number of anilines is 1. The summed E-state index contributed by atoms with van der Waals surface area (Å²) in [7, 11) is 0. The molecule has 0 unspecified atom stereocenters. The number of carbonyl (C=O) groups excluding carboxylic acids is 2. The van der Waals surface area contributed by atoms with Gasteiger partial charge in [0, 0.05) is 18.2 Å². The Morgan fingerprint density at radius 1 is 1.43 bits per heavy atom. The number of aliphatic hydroxyl groups excluding tert-OH is 1. The molecule has 0 bridgehead atoms. The second-order valence-electron chi connectivity index (χ2n) is 5.90. The number of benzene rings is 1. The average molecular weight is 320 g/mol. The summed E-state index contributed by atoms with van der Waals surface area (Å²) in [6.07, 6.45) is 2.08. The molecule has 23 heavy (non-hydrogen) atoms. The largest absolute Gasteiger partial charge is 0.484 e. The van der Waals surface area contributed by atoms with Crippen molar-refractivity contribution >= 4 is 17.5 Å². The predicted molar refractivity (Wildman–Crippen MR) is 87.4 cm³/mol. The number of aryl methyl sites for hydroxylation is 1. The SMILES string of the molecule is CC[C@H](C)[C@H](CO)NC(=O)COc1ccc2c(c1)NC(=O)CC2. The molecule has 0 fully saturated rings. The van der Waals surface area contributed by atoms with Crippen LogP contribution in [0.2, 0.25) is 0 Å². The number of amides is 2. The number of nitrogens with one attached hydrogen (secondary N) is 2. The minimum Gasteiger partial charge on any atom is -0.484 e. The third kappa shape index (κ3) is 4.69. The Hall–Kier alpha value is -2.08. The number of rotatable bonds is 7. The van der Waals surface area contributed by atoms with Crippen LogP contribution in [0.25, 0.3) is 0 Å². The van der Waals surface area contributed by atoms with Gasteiger partial charge in [-0.1, -0.05) is 26.3 Å². The zero-order valence-electron chi connectivity index (χ0n) is 13.6. The molecule has 1 aliphatic heterocycles. The van der Waals surface area contributed by atoms with E-state index in [0.29, 0.717) is 12.2 Å². The molecule has 0 aliphatic carbocycles. The van der Waals surface area contributed by atoms with Gasteiger partial charge in [0.15, 0.2) is 6.61 Å². The van der Waals surface area contributed by atoms with Crippen LogP contribution < -0.4 is 15.4 Å². The second kappa shape index (κ2) is 7.97. The number of aliphatic hydroxyl groups is 1. The maximum atomic E-state index is 11.9. The van der Waals surface area contributed by atoms with E-state index in [2.05, 4.69) is 10.6 Å². The van der Waals surface area contributed by atoms with Gasteiger partial charge < -0.3 is 20.5 Å². The third-order valence-electron chi connectivity index (χ3n) is 4.22. The van der Waals surface area contributed by atoms with Crippen LogP contribution in [0.15, 0.2) is 18.2 Å². The number of fused-ring (bicyclic) bond motifs is 1. The highest BCUT2D eigenvalue weighted by Crippen LogP contribution is 2.27. The molecule has 0 spiro atoms. The fourth-order valence-corrected chi connectivity index (χ4v) is 2.49. The molecule has 1 aromatic carbocycles. The summed E-state index contributed by atoms with van der Waals surface area (Å²) in [5.74, 6) is 0.450. The molecule has 2 amide bonds. The van der Waals surface area contributed by atoms with Gasteiger partial charge in [-0.3, -0.25) is 9.59 Å².